The van der Waals surface area contributed by atoms with Crippen LogP contribution in [0.3, 0.4) is 0 Å². The van der Waals surface area contributed by atoms with Crippen molar-refractivity contribution in [2.24, 2.45) is 17.3 Å². The van der Waals surface area contributed by atoms with Gasteiger partial charge in [0.05, 0.1) is 6.61 Å². The smallest absolute Gasteiger partial charge is 0.410 e. The average Bonchev–Trinajstić information content (AvgIpc) is 2.56. The summed E-state index contributed by atoms with van der Waals surface area (Å²) in [6, 6.07) is 0. The molecule has 0 amide bonds. The zero-order chi connectivity index (χ0) is 22.8. The number of carbonyl (C=O) groups excluding carboxylic acids is 2. The molecule has 2 atom stereocenters. The molecule has 2 unspecified atom stereocenters. The van der Waals surface area contributed by atoms with Gasteiger partial charge in [-0.25, -0.2) is 9.59 Å². The Morgan fingerprint density at radius 1 is 1.03 bits per heavy atom. The van der Waals surface area contributed by atoms with Crippen molar-refractivity contribution in [3.8, 4) is 0 Å². The third-order valence-corrected chi connectivity index (χ3v) is 6.50. The third-order valence-electron chi connectivity index (χ3n) is 6.50. The Hall–Kier alpha value is -1.74. The van der Waals surface area contributed by atoms with E-state index in [4.69, 9.17) is 4.74 Å². The minimum atomic E-state index is -5.89. The number of hydrogen-bond acceptors (Lipinski definition) is 4. The molecule has 0 spiro atoms. The summed E-state index contributed by atoms with van der Waals surface area (Å²) in [5.41, 5.74) is -1.47. The van der Waals surface area contributed by atoms with E-state index in [1.54, 1.807) is 0 Å². The lowest BCUT2D eigenvalue weighted by molar-refractivity contribution is -0.300. The van der Waals surface area contributed by atoms with E-state index >= 15 is 0 Å². The highest BCUT2D eigenvalue weighted by molar-refractivity contribution is 5.87. The van der Waals surface area contributed by atoms with Crippen LogP contribution in [0.2, 0.25) is 0 Å². The van der Waals surface area contributed by atoms with Crippen molar-refractivity contribution in [1.82, 2.24) is 0 Å². The first-order chi connectivity index (χ1) is 13.5. The van der Waals surface area contributed by atoms with Crippen LogP contribution in [0.1, 0.15) is 52.4 Å². The molecule has 4 bridgehead atoms. The van der Waals surface area contributed by atoms with Crippen molar-refractivity contribution in [1.29, 1.82) is 0 Å². The van der Waals surface area contributed by atoms with Crippen molar-refractivity contribution < 1.29 is 45.4 Å². The van der Waals surface area contributed by atoms with Gasteiger partial charge in [-0.15, -0.1) is 0 Å². The minimum absolute atomic E-state index is 0.102. The first-order valence-corrected chi connectivity index (χ1v) is 9.72. The van der Waals surface area contributed by atoms with Crippen LogP contribution in [-0.4, -0.2) is 41.9 Å². The number of esters is 2. The first-order valence-electron chi connectivity index (χ1n) is 9.72. The van der Waals surface area contributed by atoms with Gasteiger partial charge in [-0.3, -0.25) is 0 Å². The molecule has 0 aromatic heterocycles. The molecule has 0 aliphatic heterocycles. The molecule has 4 fully saturated rings. The summed E-state index contributed by atoms with van der Waals surface area (Å²) in [6.45, 7) is 4.03. The second-order valence-corrected chi connectivity index (χ2v) is 9.43. The van der Waals surface area contributed by atoms with Gasteiger partial charge in [0.15, 0.2) is 0 Å². The van der Waals surface area contributed by atoms with E-state index in [1.807, 2.05) is 0 Å². The second-order valence-electron chi connectivity index (χ2n) is 9.43. The largest absolute Gasteiger partial charge is 0.460 e. The fourth-order valence-electron chi connectivity index (χ4n) is 5.65. The number of ether oxygens (including phenoxy) is 2. The van der Waals surface area contributed by atoms with E-state index in [-0.39, 0.29) is 30.8 Å². The summed E-state index contributed by atoms with van der Waals surface area (Å²) in [5.74, 6) is -19.8. The number of hydrogen-bond donors (Lipinski definition) is 0. The van der Waals surface area contributed by atoms with E-state index in [9.17, 15) is 35.9 Å². The predicted molar refractivity (Wildman–Crippen MR) is 92.2 cm³/mol. The highest BCUT2D eigenvalue weighted by Crippen LogP contribution is 2.63. The van der Waals surface area contributed by atoms with Gasteiger partial charge in [0.1, 0.15) is 5.60 Å². The van der Waals surface area contributed by atoms with Crippen LogP contribution in [0.5, 0.6) is 0 Å². The van der Waals surface area contributed by atoms with Crippen molar-refractivity contribution in [2.75, 3.05) is 6.61 Å². The van der Waals surface area contributed by atoms with Gasteiger partial charge in [-0.2, -0.15) is 26.3 Å². The van der Waals surface area contributed by atoms with E-state index in [1.165, 1.54) is 6.92 Å². The molecule has 30 heavy (non-hydrogen) atoms. The zero-order valence-electron chi connectivity index (χ0n) is 16.7. The minimum Gasteiger partial charge on any atom is -0.460 e. The maximum atomic E-state index is 13.8. The summed E-state index contributed by atoms with van der Waals surface area (Å²) in [7, 11) is 0. The summed E-state index contributed by atoms with van der Waals surface area (Å²) in [5, 5.41) is 0. The maximum Gasteiger partial charge on any atom is 0.410 e. The number of alkyl halides is 6. The molecule has 0 saturated heterocycles. The van der Waals surface area contributed by atoms with Gasteiger partial charge in [0.25, 0.3) is 0 Å². The van der Waals surface area contributed by atoms with Crippen LogP contribution in [0.25, 0.3) is 0 Å². The molecular weight excluding hydrogens is 418 g/mol. The van der Waals surface area contributed by atoms with E-state index in [0.29, 0.717) is 25.7 Å². The lowest BCUT2D eigenvalue weighted by Gasteiger charge is -2.60. The van der Waals surface area contributed by atoms with Gasteiger partial charge in [0, 0.05) is 17.9 Å². The quantitative estimate of drug-likeness (QED) is 0.319. The third kappa shape index (κ3) is 3.70. The summed E-state index contributed by atoms with van der Waals surface area (Å²) < 4.78 is 90.6. The van der Waals surface area contributed by atoms with Crippen LogP contribution in [0.4, 0.5) is 26.3 Å². The highest BCUT2D eigenvalue weighted by atomic mass is 19.3. The highest BCUT2D eigenvalue weighted by Gasteiger charge is 2.74. The molecule has 4 rings (SSSR count). The van der Waals surface area contributed by atoms with Gasteiger partial charge in [-0.1, -0.05) is 6.58 Å². The lowest BCUT2D eigenvalue weighted by atomic mass is 9.48. The lowest BCUT2D eigenvalue weighted by Crippen LogP contribution is -2.60. The Bertz CT molecular complexity index is 743. The molecule has 0 radical (unpaired) electrons. The van der Waals surface area contributed by atoms with Crippen molar-refractivity contribution in [2.45, 2.75) is 75.7 Å². The summed E-state index contributed by atoms with van der Waals surface area (Å²) >= 11 is 0. The number of carbonyl (C=O) groups is 2. The topological polar surface area (TPSA) is 52.6 Å². The molecule has 0 N–H and O–H groups in total. The van der Waals surface area contributed by atoms with Crippen molar-refractivity contribution in [3.63, 3.8) is 0 Å². The molecule has 10 heteroatoms. The van der Waals surface area contributed by atoms with Gasteiger partial charge >= 0.3 is 29.7 Å². The van der Waals surface area contributed by atoms with Crippen LogP contribution in [0.15, 0.2) is 12.2 Å². The number of halogens is 6. The van der Waals surface area contributed by atoms with Crippen molar-refractivity contribution >= 4 is 11.9 Å². The standard InChI is InChI=1S/C20H24F6O4/c1-11(2)14(27)30-18-7-12-4-13(8-18)6-17(5-12,9-18)10-29-15(28)19(23,24)20(25,26)16(3,21)22/h12-13H,1,4-10H2,2-3H3. The Kier molecular flexibility index (Phi) is 5.26. The van der Waals surface area contributed by atoms with Crippen LogP contribution >= 0.6 is 0 Å². The maximum absolute atomic E-state index is 13.8. The molecule has 170 valence electrons. The first kappa shape index (κ1) is 22.9. The number of rotatable bonds is 7. The van der Waals surface area contributed by atoms with Gasteiger partial charge < -0.3 is 9.47 Å². The predicted octanol–water partition coefficient (Wildman–Crippen LogP) is 4.91. The molecule has 4 aliphatic rings. The van der Waals surface area contributed by atoms with E-state index < -0.39 is 47.3 Å². The monoisotopic (exact) mass is 442 g/mol. The summed E-state index contributed by atoms with van der Waals surface area (Å²) in [4.78, 5) is 23.8. The van der Waals surface area contributed by atoms with Gasteiger partial charge in [-0.05, 0) is 57.3 Å². The Morgan fingerprint density at radius 3 is 2.03 bits per heavy atom. The van der Waals surface area contributed by atoms with E-state index in [2.05, 4.69) is 11.3 Å². The molecule has 0 aromatic rings. The Balaban J connectivity index is 1.75. The Morgan fingerprint density at radius 2 is 1.57 bits per heavy atom. The average molecular weight is 442 g/mol. The zero-order valence-corrected chi connectivity index (χ0v) is 16.7. The van der Waals surface area contributed by atoms with E-state index in [0.717, 1.165) is 6.42 Å². The molecule has 0 aromatic carbocycles. The van der Waals surface area contributed by atoms with Crippen LogP contribution < -0.4 is 0 Å². The van der Waals surface area contributed by atoms with Crippen LogP contribution in [0, 0.1) is 17.3 Å². The molecule has 4 nitrogen and oxygen atoms in total. The normalized spacial score (nSPS) is 33.3. The molecule has 4 saturated carbocycles. The fraction of sp³-hybridized carbons (Fsp3) is 0.800. The van der Waals surface area contributed by atoms with Gasteiger partial charge in [0.2, 0.25) is 0 Å². The molecule has 0 heterocycles. The molecular formula is C20H24F6O4. The fourth-order valence-corrected chi connectivity index (χ4v) is 5.65. The van der Waals surface area contributed by atoms with Crippen molar-refractivity contribution in [3.05, 3.63) is 12.2 Å². The Labute approximate surface area is 170 Å². The second kappa shape index (κ2) is 6.88. The SMILES string of the molecule is C=C(C)C(=O)OC12CC3CC(CC(COC(=O)C(F)(F)C(F)(F)C(C)(F)F)(C3)C1)C2. The van der Waals surface area contributed by atoms with Crippen LogP contribution in [-0.2, 0) is 19.1 Å². The molecule has 4 aliphatic carbocycles. The summed E-state index contributed by atoms with van der Waals surface area (Å²) in [6.07, 6.45) is 3.22.